The second-order valence-corrected chi connectivity index (χ2v) is 5.93. The number of hydrogen-bond acceptors (Lipinski definition) is 5. The summed E-state index contributed by atoms with van der Waals surface area (Å²) in [4.78, 5) is 22.4. The highest BCUT2D eigenvalue weighted by molar-refractivity contribution is 5.87. The third-order valence-electron chi connectivity index (χ3n) is 3.63. The maximum atomic E-state index is 13.6. The summed E-state index contributed by atoms with van der Waals surface area (Å²) >= 11 is 0. The Kier molecular flexibility index (Phi) is 7.19. The van der Waals surface area contributed by atoms with Crippen LogP contribution in [0.5, 0.6) is 11.5 Å². The molecule has 0 saturated carbocycles. The first-order valence-electron chi connectivity index (χ1n) is 8.46. The standard InChI is InChI=1S/C22H17F3O5/c1-4-20(26)30-16-7-5-15(6-8-16)18-10-9-17(13-19(18)22(23,24)25)28-11-12-29-21(27)14(2)3/h4-13H,1-2H2,3H3/b12-11-. The molecule has 0 atom stereocenters. The van der Waals surface area contributed by atoms with Crippen molar-refractivity contribution in [3.8, 4) is 22.6 Å². The molecule has 0 aliphatic carbocycles. The van der Waals surface area contributed by atoms with Gasteiger partial charge < -0.3 is 14.2 Å². The molecule has 2 rings (SSSR count). The Hall–Kier alpha value is -3.81. The molecule has 0 N–H and O–H groups in total. The van der Waals surface area contributed by atoms with Crippen molar-refractivity contribution in [1.82, 2.24) is 0 Å². The van der Waals surface area contributed by atoms with Crippen LogP contribution in [0.2, 0.25) is 0 Å². The Morgan fingerprint density at radius 1 is 1.00 bits per heavy atom. The number of carbonyl (C=O) groups excluding carboxylic acids is 2. The molecule has 0 bridgehead atoms. The molecular weight excluding hydrogens is 401 g/mol. The van der Waals surface area contributed by atoms with E-state index in [0.29, 0.717) is 0 Å². The molecule has 2 aromatic carbocycles. The lowest BCUT2D eigenvalue weighted by Gasteiger charge is -2.15. The number of halogens is 3. The van der Waals surface area contributed by atoms with E-state index in [-0.39, 0.29) is 28.2 Å². The Morgan fingerprint density at radius 2 is 1.63 bits per heavy atom. The van der Waals surface area contributed by atoms with Gasteiger partial charge in [0.1, 0.15) is 24.0 Å². The zero-order valence-corrected chi connectivity index (χ0v) is 15.9. The van der Waals surface area contributed by atoms with Crippen LogP contribution in [0.25, 0.3) is 11.1 Å². The minimum absolute atomic E-state index is 0.0888. The lowest BCUT2D eigenvalue weighted by atomic mass is 9.99. The van der Waals surface area contributed by atoms with Gasteiger partial charge in [0, 0.05) is 11.6 Å². The maximum Gasteiger partial charge on any atom is 0.417 e. The molecule has 0 spiro atoms. The molecule has 0 aliphatic heterocycles. The van der Waals surface area contributed by atoms with Crippen LogP contribution in [0.1, 0.15) is 12.5 Å². The molecule has 0 unspecified atom stereocenters. The topological polar surface area (TPSA) is 61.8 Å². The van der Waals surface area contributed by atoms with E-state index in [0.717, 1.165) is 24.7 Å². The first-order valence-corrected chi connectivity index (χ1v) is 8.46. The van der Waals surface area contributed by atoms with E-state index in [1.165, 1.54) is 43.3 Å². The Bertz CT molecular complexity index is 989. The highest BCUT2D eigenvalue weighted by atomic mass is 19.4. The van der Waals surface area contributed by atoms with Crippen LogP contribution in [0.4, 0.5) is 13.2 Å². The average molecular weight is 418 g/mol. The molecule has 5 nitrogen and oxygen atoms in total. The summed E-state index contributed by atoms with van der Waals surface area (Å²) in [5.74, 6) is -1.30. The van der Waals surface area contributed by atoms with Gasteiger partial charge in [0.2, 0.25) is 0 Å². The minimum atomic E-state index is -4.65. The summed E-state index contributed by atoms with van der Waals surface area (Å²) in [7, 11) is 0. The van der Waals surface area contributed by atoms with Crippen LogP contribution in [0.3, 0.4) is 0 Å². The van der Waals surface area contributed by atoms with Gasteiger partial charge in [0.05, 0.1) is 5.56 Å². The molecule has 0 aromatic heterocycles. The maximum absolute atomic E-state index is 13.6. The third kappa shape index (κ3) is 6.10. The molecule has 8 heteroatoms. The molecule has 0 heterocycles. The van der Waals surface area contributed by atoms with Crippen molar-refractivity contribution in [2.45, 2.75) is 13.1 Å². The first kappa shape index (κ1) is 22.5. The van der Waals surface area contributed by atoms with Gasteiger partial charge in [-0.25, -0.2) is 9.59 Å². The van der Waals surface area contributed by atoms with Gasteiger partial charge >= 0.3 is 18.1 Å². The van der Waals surface area contributed by atoms with Crippen LogP contribution >= 0.6 is 0 Å². The highest BCUT2D eigenvalue weighted by Gasteiger charge is 2.34. The predicted octanol–water partition coefficient (Wildman–Crippen LogP) is 5.43. The zero-order valence-electron chi connectivity index (χ0n) is 15.9. The fourth-order valence-corrected chi connectivity index (χ4v) is 2.24. The largest absolute Gasteiger partial charge is 0.462 e. The monoisotopic (exact) mass is 418 g/mol. The van der Waals surface area contributed by atoms with E-state index in [9.17, 15) is 22.8 Å². The van der Waals surface area contributed by atoms with E-state index in [4.69, 9.17) is 9.47 Å². The number of rotatable bonds is 7. The molecular formula is C22H17F3O5. The summed E-state index contributed by atoms with van der Waals surface area (Å²) in [6.45, 7) is 8.10. The van der Waals surface area contributed by atoms with Crippen molar-refractivity contribution in [3.05, 3.63) is 85.4 Å². The van der Waals surface area contributed by atoms with Gasteiger partial charge in [-0.1, -0.05) is 31.4 Å². The number of ether oxygens (including phenoxy) is 3. The van der Waals surface area contributed by atoms with Gasteiger partial charge in [0.15, 0.2) is 0 Å². The van der Waals surface area contributed by atoms with Gasteiger partial charge in [0.25, 0.3) is 0 Å². The van der Waals surface area contributed by atoms with E-state index < -0.39 is 23.7 Å². The number of carbonyl (C=O) groups is 2. The van der Waals surface area contributed by atoms with E-state index >= 15 is 0 Å². The molecule has 30 heavy (non-hydrogen) atoms. The summed E-state index contributed by atoms with van der Waals surface area (Å²) in [6, 6.07) is 8.95. The number of esters is 2. The van der Waals surface area contributed by atoms with Crippen LogP contribution < -0.4 is 9.47 Å². The molecule has 0 fully saturated rings. The first-order chi connectivity index (χ1) is 14.1. The van der Waals surface area contributed by atoms with Crippen LogP contribution in [0, 0.1) is 0 Å². The van der Waals surface area contributed by atoms with Crippen molar-refractivity contribution in [2.75, 3.05) is 0 Å². The van der Waals surface area contributed by atoms with Crippen LogP contribution in [-0.2, 0) is 20.5 Å². The molecule has 0 aliphatic rings. The molecule has 2 aromatic rings. The van der Waals surface area contributed by atoms with Crippen molar-refractivity contribution >= 4 is 11.9 Å². The Labute approximate surface area is 170 Å². The lowest BCUT2D eigenvalue weighted by molar-refractivity contribution is -0.137. The molecule has 0 saturated heterocycles. The molecule has 0 radical (unpaired) electrons. The summed E-state index contributed by atoms with van der Waals surface area (Å²) in [5, 5.41) is 0. The van der Waals surface area contributed by atoms with Gasteiger partial charge in [-0.05, 0) is 42.3 Å². The van der Waals surface area contributed by atoms with Crippen molar-refractivity contribution in [1.29, 1.82) is 0 Å². The van der Waals surface area contributed by atoms with Gasteiger partial charge in [-0.15, -0.1) is 0 Å². The fraction of sp³-hybridized carbons (Fsp3) is 0.0909. The SMILES string of the molecule is C=CC(=O)Oc1ccc(-c2ccc(O/C=C\OC(=O)C(=C)C)cc2C(F)(F)F)cc1. The quantitative estimate of drug-likeness (QED) is 0.260. The summed E-state index contributed by atoms with van der Waals surface area (Å²) in [6.07, 6.45) is -1.83. The van der Waals surface area contributed by atoms with Crippen molar-refractivity contribution in [3.63, 3.8) is 0 Å². The van der Waals surface area contributed by atoms with Gasteiger partial charge in [-0.3, -0.25) is 0 Å². The smallest absolute Gasteiger partial charge is 0.417 e. The van der Waals surface area contributed by atoms with Crippen LogP contribution in [-0.4, -0.2) is 11.9 Å². The number of hydrogen-bond donors (Lipinski definition) is 0. The number of alkyl halides is 3. The highest BCUT2D eigenvalue weighted by Crippen LogP contribution is 2.39. The van der Waals surface area contributed by atoms with Crippen molar-refractivity contribution < 1.29 is 37.0 Å². The summed E-state index contributed by atoms with van der Waals surface area (Å²) < 4.78 is 55.3. The second kappa shape index (κ2) is 9.60. The average Bonchev–Trinajstić information content (AvgIpc) is 2.70. The van der Waals surface area contributed by atoms with E-state index in [1.54, 1.807) is 0 Å². The number of benzene rings is 2. The lowest BCUT2D eigenvalue weighted by Crippen LogP contribution is -2.07. The predicted molar refractivity (Wildman–Crippen MR) is 103 cm³/mol. The fourth-order valence-electron chi connectivity index (χ4n) is 2.24. The van der Waals surface area contributed by atoms with E-state index in [2.05, 4.69) is 17.9 Å². The molecule has 0 amide bonds. The normalized spacial score (nSPS) is 11.1. The molecule has 156 valence electrons. The Morgan fingerprint density at radius 3 is 2.20 bits per heavy atom. The van der Waals surface area contributed by atoms with Gasteiger partial charge in [-0.2, -0.15) is 13.2 Å². The van der Waals surface area contributed by atoms with Crippen molar-refractivity contribution in [2.24, 2.45) is 0 Å². The second-order valence-electron chi connectivity index (χ2n) is 5.93. The zero-order chi connectivity index (χ0) is 22.3. The summed E-state index contributed by atoms with van der Waals surface area (Å²) in [5.41, 5.74) is -0.593. The Balaban J connectivity index is 2.25. The minimum Gasteiger partial charge on any atom is -0.462 e. The third-order valence-corrected chi connectivity index (χ3v) is 3.63. The van der Waals surface area contributed by atoms with E-state index in [1.807, 2.05) is 0 Å². The van der Waals surface area contributed by atoms with Crippen LogP contribution in [0.15, 0.2) is 79.8 Å².